The zero-order chi connectivity index (χ0) is 10.3. The molecule has 1 heterocycles. The maximum atomic E-state index is 4.54. The van der Waals surface area contributed by atoms with Crippen molar-refractivity contribution in [3.8, 4) is 0 Å². The second kappa shape index (κ2) is 3.49. The molecule has 0 saturated heterocycles. The Labute approximate surface area is 93.1 Å². The SMILES string of the molecule is Cc1nc2c[c]([Sn]([CH3])([CH3])[CH3])ccc2s1. The molecule has 0 fully saturated rings. The monoisotopic (exact) mass is 313 g/mol. The molecule has 0 atom stereocenters. The van der Waals surface area contributed by atoms with E-state index in [-0.39, 0.29) is 0 Å². The van der Waals surface area contributed by atoms with E-state index in [2.05, 4.69) is 44.9 Å². The third kappa shape index (κ3) is 1.96. The Morgan fingerprint density at radius 3 is 2.57 bits per heavy atom. The van der Waals surface area contributed by atoms with Gasteiger partial charge in [0.2, 0.25) is 0 Å². The van der Waals surface area contributed by atoms with Crippen LogP contribution in [0, 0.1) is 6.92 Å². The van der Waals surface area contributed by atoms with E-state index in [0.717, 1.165) is 0 Å². The van der Waals surface area contributed by atoms with Gasteiger partial charge in [-0.25, -0.2) is 0 Å². The van der Waals surface area contributed by atoms with Crippen LogP contribution in [-0.2, 0) is 0 Å². The van der Waals surface area contributed by atoms with Crippen molar-refractivity contribution in [3.63, 3.8) is 0 Å². The van der Waals surface area contributed by atoms with Gasteiger partial charge in [-0.2, -0.15) is 0 Å². The van der Waals surface area contributed by atoms with Crippen LogP contribution in [0.5, 0.6) is 0 Å². The van der Waals surface area contributed by atoms with Crippen LogP contribution in [0.3, 0.4) is 0 Å². The first-order valence-electron chi connectivity index (χ1n) is 4.84. The van der Waals surface area contributed by atoms with Gasteiger partial charge >= 0.3 is 93.4 Å². The zero-order valence-corrected chi connectivity index (χ0v) is 12.8. The van der Waals surface area contributed by atoms with Crippen LogP contribution in [0.15, 0.2) is 18.2 Å². The second-order valence-corrected chi connectivity index (χ2v) is 20.4. The Morgan fingerprint density at radius 1 is 1.21 bits per heavy atom. The predicted molar refractivity (Wildman–Crippen MR) is 67.3 cm³/mol. The molecule has 2 rings (SSSR count). The first kappa shape index (κ1) is 10.4. The van der Waals surface area contributed by atoms with Gasteiger partial charge in [0.05, 0.1) is 0 Å². The van der Waals surface area contributed by atoms with Crippen LogP contribution in [0.2, 0.25) is 14.8 Å². The summed E-state index contributed by atoms with van der Waals surface area (Å²) in [6.45, 7) is 2.07. The third-order valence-electron chi connectivity index (χ3n) is 2.36. The number of hydrogen-bond donors (Lipinski definition) is 0. The van der Waals surface area contributed by atoms with Gasteiger partial charge < -0.3 is 0 Å². The number of aryl methyl sites for hydroxylation is 1. The van der Waals surface area contributed by atoms with Gasteiger partial charge in [-0.15, -0.1) is 0 Å². The first-order chi connectivity index (χ1) is 6.47. The number of thiazole rings is 1. The Kier molecular flexibility index (Phi) is 2.60. The standard InChI is InChI=1S/C8H6NS.3CH3.Sn/c1-6-9-7-4-2-3-5-8(7)10-6;;;;/h3-5H,1H3;3*1H3;. The van der Waals surface area contributed by atoms with E-state index in [4.69, 9.17) is 0 Å². The topological polar surface area (TPSA) is 12.9 Å². The molecule has 3 heteroatoms. The summed E-state index contributed by atoms with van der Waals surface area (Å²) in [7, 11) is 0. The van der Waals surface area contributed by atoms with E-state index in [1.54, 1.807) is 14.9 Å². The van der Waals surface area contributed by atoms with Crippen LogP contribution in [0.25, 0.3) is 10.2 Å². The van der Waals surface area contributed by atoms with Crippen molar-refractivity contribution in [3.05, 3.63) is 23.2 Å². The van der Waals surface area contributed by atoms with E-state index >= 15 is 0 Å². The minimum absolute atomic E-state index is 1.17. The summed E-state index contributed by atoms with van der Waals surface area (Å²) >= 11 is -0.105. The van der Waals surface area contributed by atoms with Gasteiger partial charge in [0, 0.05) is 0 Å². The van der Waals surface area contributed by atoms with E-state index in [1.165, 1.54) is 15.2 Å². The molecule has 14 heavy (non-hydrogen) atoms. The number of nitrogens with zero attached hydrogens (tertiary/aromatic N) is 1. The fraction of sp³-hybridized carbons (Fsp3) is 0.364. The average molecular weight is 312 g/mol. The van der Waals surface area contributed by atoms with E-state index in [1.807, 2.05) is 0 Å². The summed E-state index contributed by atoms with van der Waals surface area (Å²) in [4.78, 5) is 11.9. The van der Waals surface area contributed by atoms with Crippen LogP contribution >= 0.6 is 11.3 Å². The quantitative estimate of drug-likeness (QED) is 0.737. The van der Waals surface area contributed by atoms with Gasteiger partial charge in [0.25, 0.3) is 0 Å². The zero-order valence-electron chi connectivity index (χ0n) is 9.09. The van der Waals surface area contributed by atoms with Gasteiger partial charge in [0.15, 0.2) is 0 Å². The van der Waals surface area contributed by atoms with Crippen LogP contribution in [0.1, 0.15) is 5.01 Å². The Bertz CT molecular complexity index is 468. The molecule has 0 unspecified atom stereocenters. The van der Waals surface area contributed by atoms with Crippen LogP contribution < -0.4 is 3.58 Å². The molecule has 2 aromatic rings. The Balaban J connectivity index is 2.62. The molecule has 0 N–H and O–H groups in total. The maximum absolute atomic E-state index is 4.54. The molecule has 74 valence electrons. The molecule has 1 aromatic heterocycles. The summed E-state index contributed by atoms with van der Waals surface area (Å²) in [5.74, 6) is 0. The molecule has 1 nitrogen and oxygen atoms in total. The fourth-order valence-electron chi connectivity index (χ4n) is 1.51. The molecule has 0 spiro atoms. The van der Waals surface area contributed by atoms with E-state index in [0.29, 0.717) is 0 Å². The van der Waals surface area contributed by atoms with E-state index < -0.39 is 18.4 Å². The Morgan fingerprint density at radius 2 is 1.93 bits per heavy atom. The van der Waals surface area contributed by atoms with Crippen LogP contribution in [0.4, 0.5) is 0 Å². The van der Waals surface area contributed by atoms with Crippen molar-refractivity contribution in [1.29, 1.82) is 0 Å². The molecular formula is C11H15NSSn. The Hall–Kier alpha value is -0.0913. The molecule has 0 bridgehead atoms. The van der Waals surface area contributed by atoms with Gasteiger partial charge in [-0.3, -0.25) is 0 Å². The summed E-state index contributed by atoms with van der Waals surface area (Å²) in [5.41, 5.74) is 1.19. The predicted octanol–water partition coefficient (Wildman–Crippen LogP) is 3.15. The summed E-state index contributed by atoms with van der Waals surface area (Å²) in [6, 6.07) is 6.84. The van der Waals surface area contributed by atoms with Gasteiger partial charge in [-0.1, -0.05) is 0 Å². The number of rotatable bonds is 1. The van der Waals surface area contributed by atoms with Crippen molar-refractivity contribution in [1.82, 2.24) is 4.98 Å². The number of fused-ring (bicyclic) bond motifs is 1. The molecule has 0 aliphatic carbocycles. The first-order valence-corrected chi connectivity index (χ1v) is 15.6. The fourth-order valence-corrected chi connectivity index (χ4v) is 5.61. The van der Waals surface area contributed by atoms with Crippen molar-refractivity contribution in [2.45, 2.75) is 21.7 Å². The molecule has 0 saturated carbocycles. The normalized spacial score (nSPS) is 12.3. The van der Waals surface area contributed by atoms with Crippen molar-refractivity contribution in [2.24, 2.45) is 0 Å². The molecule has 1 aromatic carbocycles. The van der Waals surface area contributed by atoms with E-state index in [9.17, 15) is 0 Å². The summed E-state index contributed by atoms with van der Waals surface area (Å²) < 4.78 is 2.89. The molecule has 0 aliphatic rings. The molecule has 0 amide bonds. The van der Waals surface area contributed by atoms with Crippen molar-refractivity contribution in [2.75, 3.05) is 0 Å². The number of benzene rings is 1. The van der Waals surface area contributed by atoms with Crippen molar-refractivity contribution >= 4 is 43.5 Å². The van der Waals surface area contributed by atoms with Crippen molar-refractivity contribution < 1.29 is 0 Å². The molecule has 0 radical (unpaired) electrons. The minimum atomic E-state index is -1.89. The molecular weight excluding hydrogens is 297 g/mol. The second-order valence-electron chi connectivity index (χ2n) is 4.67. The summed E-state index contributed by atoms with van der Waals surface area (Å²) in [6.07, 6.45) is 0. The van der Waals surface area contributed by atoms with Gasteiger partial charge in [0.1, 0.15) is 0 Å². The van der Waals surface area contributed by atoms with Crippen LogP contribution in [-0.4, -0.2) is 23.4 Å². The number of aromatic nitrogens is 1. The summed E-state index contributed by atoms with van der Waals surface area (Å²) in [5, 5.41) is 1.17. The number of hydrogen-bond acceptors (Lipinski definition) is 2. The van der Waals surface area contributed by atoms with Gasteiger partial charge in [-0.05, 0) is 0 Å². The average Bonchev–Trinajstić information content (AvgIpc) is 2.41. The third-order valence-corrected chi connectivity index (χ3v) is 9.14. The molecule has 0 aliphatic heterocycles.